The van der Waals surface area contributed by atoms with Crippen molar-refractivity contribution in [3.05, 3.63) is 78.4 Å². The Morgan fingerprint density at radius 2 is 1.25 bits per heavy atom. The first kappa shape index (κ1) is 14.5. The molecule has 4 rings (SSSR count). The van der Waals surface area contributed by atoms with Crippen LogP contribution in [0, 0.1) is 0 Å². The molecule has 0 atom stereocenters. The number of fused-ring (bicyclic) bond motifs is 3. The van der Waals surface area contributed by atoms with Crippen LogP contribution in [0.4, 0.5) is 5.69 Å². The van der Waals surface area contributed by atoms with Crippen LogP contribution in [0.1, 0.15) is 10.4 Å². The van der Waals surface area contributed by atoms with E-state index in [4.69, 9.17) is 0 Å². The van der Waals surface area contributed by atoms with E-state index >= 15 is 0 Å². The third kappa shape index (κ3) is 2.17. The summed E-state index contributed by atoms with van der Waals surface area (Å²) in [5.41, 5.74) is 3.65. The first-order chi connectivity index (χ1) is 11.7. The summed E-state index contributed by atoms with van der Waals surface area (Å²) in [6.45, 7) is 0. The van der Waals surface area contributed by atoms with Crippen molar-refractivity contribution in [1.82, 2.24) is 4.57 Å². The number of carbonyl (C=O) groups excluding carboxylic acids is 1. The fourth-order valence-electron chi connectivity index (χ4n) is 3.17. The quantitative estimate of drug-likeness (QED) is 0.542. The Hall–Kier alpha value is -3.07. The minimum atomic E-state index is -0.00212. The number of benzene rings is 3. The number of para-hydroxylation sites is 2. The molecule has 0 fully saturated rings. The molecule has 0 aliphatic rings. The van der Waals surface area contributed by atoms with Gasteiger partial charge in [0.1, 0.15) is 0 Å². The molecule has 3 aromatic carbocycles. The molecule has 0 unspecified atom stereocenters. The van der Waals surface area contributed by atoms with Crippen molar-refractivity contribution in [1.29, 1.82) is 0 Å². The number of rotatable bonds is 2. The fourth-order valence-corrected chi connectivity index (χ4v) is 3.17. The molecule has 4 aromatic rings. The van der Waals surface area contributed by atoms with E-state index in [0.29, 0.717) is 5.56 Å². The van der Waals surface area contributed by atoms with Gasteiger partial charge >= 0.3 is 0 Å². The van der Waals surface area contributed by atoms with Gasteiger partial charge in [0.25, 0.3) is 5.91 Å². The highest BCUT2D eigenvalue weighted by Crippen LogP contribution is 2.29. The van der Waals surface area contributed by atoms with E-state index in [9.17, 15) is 4.79 Å². The second kappa shape index (κ2) is 5.53. The molecule has 0 bridgehead atoms. The van der Waals surface area contributed by atoms with Crippen molar-refractivity contribution in [2.24, 2.45) is 0 Å². The molecule has 0 radical (unpaired) electrons. The maximum Gasteiger partial charge on any atom is 0.262 e. The maximum absolute atomic E-state index is 13.2. The molecule has 0 aliphatic heterocycles. The van der Waals surface area contributed by atoms with Crippen LogP contribution in [0.5, 0.6) is 0 Å². The van der Waals surface area contributed by atoms with E-state index in [0.717, 1.165) is 27.5 Å². The Bertz CT molecular complexity index is 989. The van der Waals surface area contributed by atoms with Crippen molar-refractivity contribution in [2.75, 3.05) is 19.0 Å². The lowest BCUT2D eigenvalue weighted by atomic mass is 10.2. The van der Waals surface area contributed by atoms with Crippen LogP contribution in [0.3, 0.4) is 0 Å². The summed E-state index contributed by atoms with van der Waals surface area (Å²) in [7, 11) is 3.98. The smallest absolute Gasteiger partial charge is 0.262 e. The zero-order valence-corrected chi connectivity index (χ0v) is 13.7. The van der Waals surface area contributed by atoms with Gasteiger partial charge in [0.05, 0.1) is 11.0 Å². The third-order valence-corrected chi connectivity index (χ3v) is 4.41. The molecule has 0 saturated heterocycles. The number of nitrogens with zero attached hydrogens (tertiary/aromatic N) is 2. The monoisotopic (exact) mass is 314 g/mol. The molecule has 0 spiro atoms. The van der Waals surface area contributed by atoms with Gasteiger partial charge in [-0.3, -0.25) is 9.36 Å². The Labute approximate surface area is 140 Å². The largest absolute Gasteiger partial charge is 0.378 e. The van der Waals surface area contributed by atoms with Crippen molar-refractivity contribution in [3.8, 4) is 0 Å². The van der Waals surface area contributed by atoms with Gasteiger partial charge in [0.15, 0.2) is 0 Å². The zero-order chi connectivity index (χ0) is 16.7. The van der Waals surface area contributed by atoms with Gasteiger partial charge in [-0.2, -0.15) is 0 Å². The maximum atomic E-state index is 13.2. The van der Waals surface area contributed by atoms with Crippen molar-refractivity contribution >= 4 is 33.4 Å². The number of hydrogen-bond acceptors (Lipinski definition) is 2. The molecule has 24 heavy (non-hydrogen) atoms. The van der Waals surface area contributed by atoms with Gasteiger partial charge in [-0.1, -0.05) is 36.4 Å². The highest BCUT2D eigenvalue weighted by molar-refractivity contribution is 6.16. The molecule has 0 saturated carbocycles. The average molecular weight is 314 g/mol. The molecular formula is C21H18N2O. The molecule has 0 aliphatic carbocycles. The predicted molar refractivity (Wildman–Crippen MR) is 99.9 cm³/mol. The zero-order valence-electron chi connectivity index (χ0n) is 13.7. The number of anilines is 1. The normalized spacial score (nSPS) is 11.1. The van der Waals surface area contributed by atoms with Crippen LogP contribution < -0.4 is 4.90 Å². The van der Waals surface area contributed by atoms with Crippen molar-refractivity contribution < 1.29 is 4.79 Å². The van der Waals surface area contributed by atoms with E-state index < -0.39 is 0 Å². The highest BCUT2D eigenvalue weighted by Gasteiger charge is 2.16. The van der Waals surface area contributed by atoms with E-state index in [2.05, 4.69) is 12.1 Å². The standard InChI is InChI=1S/C21H18N2O/c1-22(2)16-13-11-15(12-14-16)21(24)23-19-9-5-3-7-17(19)18-8-4-6-10-20(18)23/h3-14H,1-2H3. The first-order valence-electron chi connectivity index (χ1n) is 7.97. The third-order valence-electron chi connectivity index (χ3n) is 4.41. The van der Waals surface area contributed by atoms with E-state index in [1.165, 1.54) is 0 Å². The fraction of sp³-hybridized carbons (Fsp3) is 0.0952. The predicted octanol–water partition coefficient (Wildman–Crippen LogP) is 4.55. The lowest BCUT2D eigenvalue weighted by molar-refractivity contribution is 0.0969. The number of hydrogen-bond donors (Lipinski definition) is 0. The summed E-state index contributed by atoms with van der Waals surface area (Å²) < 4.78 is 1.81. The summed E-state index contributed by atoms with van der Waals surface area (Å²) in [5, 5.41) is 2.21. The molecule has 1 aromatic heterocycles. The van der Waals surface area contributed by atoms with Gasteiger partial charge in [-0.15, -0.1) is 0 Å². The molecule has 1 heterocycles. The van der Waals surface area contributed by atoms with Gasteiger partial charge in [-0.05, 0) is 36.4 Å². The Morgan fingerprint density at radius 3 is 1.75 bits per heavy atom. The summed E-state index contributed by atoms with van der Waals surface area (Å²) in [4.78, 5) is 15.2. The molecule has 3 heteroatoms. The van der Waals surface area contributed by atoms with Crippen LogP contribution in [-0.4, -0.2) is 24.6 Å². The van der Waals surface area contributed by atoms with Crippen molar-refractivity contribution in [2.45, 2.75) is 0 Å². The Kier molecular flexibility index (Phi) is 3.35. The average Bonchev–Trinajstić information content (AvgIpc) is 2.96. The summed E-state index contributed by atoms with van der Waals surface area (Å²) in [6.07, 6.45) is 0. The highest BCUT2D eigenvalue weighted by atomic mass is 16.2. The minimum absolute atomic E-state index is 0.00212. The van der Waals surface area contributed by atoms with E-state index in [1.54, 1.807) is 0 Å². The number of carbonyl (C=O) groups is 1. The van der Waals surface area contributed by atoms with Crippen molar-refractivity contribution in [3.63, 3.8) is 0 Å². The van der Waals surface area contributed by atoms with E-state index in [-0.39, 0.29) is 5.91 Å². The second-order valence-electron chi connectivity index (χ2n) is 6.12. The molecule has 0 N–H and O–H groups in total. The van der Waals surface area contributed by atoms with Gasteiger partial charge in [0.2, 0.25) is 0 Å². The minimum Gasteiger partial charge on any atom is -0.378 e. The van der Waals surface area contributed by atoms with Crippen LogP contribution in [-0.2, 0) is 0 Å². The summed E-state index contributed by atoms with van der Waals surface area (Å²) >= 11 is 0. The van der Waals surface area contributed by atoms with Crippen LogP contribution in [0.2, 0.25) is 0 Å². The SMILES string of the molecule is CN(C)c1ccc(C(=O)n2c3ccccc3c3ccccc32)cc1. The summed E-state index contributed by atoms with van der Waals surface area (Å²) in [6, 6.07) is 23.8. The topological polar surface area (TPSA) is 25.2 Å². The van der Waals surface area contributed by atoms with E-state index in [1.807, 2.05) is 84.2 Å². The molecule has 118 valence electrons. The van der Waals surface area contributed by atoms with Gasteiger partial charge in [0, 0.05) is 36.1 Å². The molecule has 0 amide bonds. The summed E-state index contributed by atoms with van der Waals surface area (Å²) in [5.74, 6) is -0.00212. The second-order valence-corrected chi connectivity index (χ2v) is 6.12. The lowest BCUT2D eigenvalue weighted by Crippen LogP contribution is -2.13. The lowest BCUT2D eigenvalue weighted by Gasteiger charge is -2.13. The van der Waals surface area contributed by atoms with Gasteiger partial charge in [-0.25, -0.2) is 0 Å². The van der Waals surface area contributed by atoms with Crippen LogP contribution >= 0.6 is 0 Å². The first-order valence-corrected chi connectivity index (χ1v) is 7.97. The molecule has 3 nitrogen and oxygen atoms in total. The Morgan fingerprint density at radius 1 is 0.750 bits per heavy atom. The molecular weight excluding hydrogens is 296 g/mol. The number of aromatic nitrogens is 1. The van der Waals surface area contributed by atoms with Crippen LogP contribution in [0.25, 0.3) is 21.8 Å². The van der Waals surface area contributed by atoms with Crippen LogP contribution in [0.15, 0.2) is 72.8 Å². The van der Waals surface area contributed by atoms with Gasteiger partial charge < -0.3 is 4.90 Å². The Balaban J connectivity index is 1.92.